The van der Waals surface area contributed by atoms with E-state index in [1.165, 1.54) is 16.8 Å². The number of allylic oxidation sites excluding steroid dienone is 2. The van der Waals surface area contributed by atoms with Crippen LogP contribution in [-0.4, -0.2) is 4.98 Å². The van der Waals surface area contributed by atoms with Gasteiger partial charge in [0.15, 0.2) is 0 Å². The summed E-state index contributed by atoms with van der Waals surface area (Å²) in [5, 5.41) is 0. The SMILES string of the molecule is NC=C1C=Cc2[nH]ccc2C1. The molecular weight excluding hydrogens is 136 g/mol. The maximum atomic E-state index is 5.41. The summed E-state index contributed by atoms with van der Waals surface area (Å²) in [6.07, 6.45) is 8.66. The van der Waals surface area contributed by atoms with Crippen LogP contribution in [0.15, 0.2) is 30.1 Å². The van der Waals surface area contributed by atoms with Gasteiger partial charge in [0.05, 0.1) is 0 Å². The Kier molecular flexibility index (Phi) is 1.32. The number of aromatic nitrogens is 1. The van der Waals surface area contributed by atoms with Crippen LogP contribution in [0.3, 0.4) is 0 Å². The van der Waals surface area contributed by atoms with E-state index in [1.54, 1.807) is 6.20 Å². The minimum atomic E-state index is 0.950. The van der Waals surface area contributed by atoms with Crippen molar-refractivity contribution >= 4 is 6.08 Å². The number of nitrogens with two attached hydrogens (primary N) is 1. The van der Waals surface area contributed by atoms with E-state index in [0.717, 1.165) is 6.42 Å². The summed E-state index contributed by atoms with van der Waals surface area (Å²) in [5.41, 5.74) is 9.11. The van der Waals surface area contributed by atoms with E-state index in [-0.39, 0.29) is 0 Å². The van der Waals surface area contributed by atoms with E-state index in [0.29, 0.717) is 0 Å². The van der Waals surface area contributed by atoms with Crippen LogP contribution >= 0.6 is 0 Å². The van der Waals surface area contributed by atoms with Gasteiger partial charge in [0.2, 0.25) is 0 Å². The van der Waals surface area contributed by atoms with Gasteiger partial charge in [0, 0.05) is 18.3 Å². The number of H-pyrrole nitrogens is 1. The molecule has 2 heteroatoms. The van der Waals surface area contributed by atoms with E-state index in [4.69, 9.17) is 5.73 Å². The average molecular weight is 146 g/mol. The molecule has 1 aromatic rings. The van der Waals surface area contributed by atoms with Crippen molar-refractivity contribution in [1.29, 1.82) is 0 Å². The summed E-state index contributed by atoms with van der Waals surface area (Å²) >= 11 is 0. The first-order valence-corrected chi connectivity index (χ1v) is 3.65. The maximum absolute atomic E-state index is 5.41. The van der Waals surface area contributed by atoms with Crippen molar-refractivity contribution in [2.75, 3.05) is 0 Å². The maximum Gasteiger partial charge on any atom is 0.0416 e. The zero-order valence-corrected chi connectivity index (χ0v) is 6.17. The lowest BCUT2D eigenvalue weighted by Gasteiger charge is -2.06. The molecular formula is C9H10N2. The van der Waals surface area contributed by atoms with Crippen LogP contribution in [0.25, 0.3) is 6.08 Å². The van der Waals surface area contributed by atoms with Crippen LogP contribution in [0.1, 0.15) is 11.3 Å². The van der Waals surface area contributed by atoms with Gasteiger partial charge in [0.1, 0.15) is 0 Å². The zero-order valence-electron chi connectivity index (χ0n) is 6.17. The lowest BCUT2D eigenvalue weighted by Crippen LogP contribution is -1.96. The van der Waals surface area contributed by atoms with Gasteiger partial charge in [-0.2, -0.15) is 0 Å². The van der Waals surface area contributed by atoms with Gasteiger partial charge >= 0.3 is 0 Å². The highest BCUT2D eigenvalue weighted by Crippen LogP contribution is 2.19. The van der Waals surface area contributed by atoms with E-state index < -0.39 is 0 Å². The third kappa shape index (κ3) is 0.963. The number of fused-ring (bicyclic) bond motifs is 1. The van der Waals surface area contributed by atoms with Gasteiger partial charge < -0.3 is 10.7 Å². The molecule has 1 aromatic heterocycles. The summed E-state index contributed by atoms with van der Waals surface area (Å²) < 4.78 is 0. The molecule has 56 valence electrons. The fourth-order valence-corrected chi connectivity index (χ4v) is 1.31. The summed E-state index contributed by atoms with van der Waals surface area (Å²) in [4.78, 5) is 3.15. The van der Waals surface area contributed by atoms with Crippen LogP contribution < -0.4 is 5.73 Å². The second kappa shape index (κ2) is 2.31. The summed E-state index contributed by atoms with van der Waals surface area (Å²) in [5.74, 6) is 0. The van der Waals surface area contributed by atoms with Gasteiger partial charge in [-0.05, 0) is 29.5 Å². The fraction of sp³-hybridized carbons (Fsp3) is 0.111. The van der Waals surface area contributed by atoms with Crippen LogP contribution in [-0.2, 0) is 6.42 Å². The predicted molar refractivity (Wildman–Crippen MR) is 45.8 cm³/mol. The smallest absolute Gasteiger partial charge is 0.0416 e. The second-order valence-corrected chi connectivity index (χ2v) is 2.67. The number of rotatable bonds is 0. The molecule has 11 heavy (non-hydrogen) atoms. The molecule has 1 aliphatic carbocycles. The molecule has 0 saturated heterocycles. The van der Waals surface area contributed by atoms with E-state index in [9.17, 15) is 0 Å². The molecule has 0 amide bonds. The molecule has 2 rings (SSSR count). The molecule has 2 nitrogen and oxygen atoms in total. The summed E-state index contributed by atoms with van der Waals surface area (Å²) in [7, 11) is 0. The highest BCUT2D eigenvalue weighted by molar-refractivity contribution is 5.58. The largest absolute Gasteiger partial charge is 0.404 e. The van der Waals surface area contributed by atoms with Crippen molar-refractivity contribution in [3.8, 4) is 0 Å². The molecule has 0 bridgehead atoms. The first kappa shape index (κ1) is 6.28. The first-order chi connectivity index (χ1) is 5.40. The van der Waals surface area contributed by atoms with Crippen molar-refractivity contribution < 1.29 is 0 Å². The molecule has 0 radical (unpaired) electrons. The Labute approximate surface area is 65.4 Å². The molecule has 0 unspecified atom stereocenters. The van der Waals surface area contributed by atoms with Crippen molar-refractivity contribution in [2.45, 2.75) is 6.42 Å². The Morgan fingerprint density at radius 2 is 2.36 bits per heavy atom. The van der Waals surface area contributed by atoms with Gasteiger partial charge in [-0.15, -0.1) is 0 Å². The summed E-state index contributed by atoms with van der Waals surface area (Å²) in [6, 6.07) is 2.09. The second-order valence-electron chi connectivity index (χ2n) is 2.67. The standard InChI is InChI=1S/C9H10N2/c10-6-7-1-2-9-8(5-7)3-4-11-9/h1-4,6,11H,5,10H2. The monoisotopic (exact) mass is 146 g/mol. The molecule has 3 N–H and O–H groups in total. The van der Waals surface area contributed by atoms with Gasteiger partial charge in [-0.1, -0.05) is 6.08 Å². The lowest BCUT2D eigenvalue weighted by molar-refractivity contribution is 1.15. The Morgan fingerprint density at radius 3 is 3.18 bits per heavy atom. The third-order valence-electron chi connectivity index (χ3n) is 1.94. The molecule has 0 fully saturated rings. The minimum absolute atomic E-state index is 0.950. The third-order valence-corrected chi connectivity index (χ3v) is 1.94. The first-order valence-electron chi connectivity index (χ1n) is 3.65. The number of hydrogen-bond acceptors (Lipinski definition) is 1. The van der Waals surface area contributed by atoms with Crippen LogP contribution in [0.2, 0.25) is 0 Å². The lowest BCUT2D eigenvalue weighted by atomic mass is 10.0. The Hall–Kier alpha value is -1.44. The number of nitrogens with one attached hydrogen (secondary N) is 1. The quantitative estimate of drug-likeness (QED) is 0.571. The molecule has 1 aliphatic rings. The highest BCUT2D eigenvalue weighted by atomic mass is 14.7. The molecule has 0 aromatic carbocycles. The normalized spacial score (nSPS) is 18.7. The van der Waals surface area contributed by atoms with E-state index in [2.05, 4.69) is 17.1 Å². The summed E-state index contributed by atoms with van der Waals surface area (Å²) in [6.45, 7) is 0. The van der Waals surface area contributed by atoms with Gasteiger partial charge in [-0.25, -0.2) is 0 Å². The molecule has 0 atom stereocenters. The zero-order chi connectivity index (χ0) is 7.68. The Bertz CT molecular complexity index is 318. The van der Waals surface area contributed by atoms with Crippen LogP contribution in [0, 0.1) is 0 Å². The highest BCUT2D eigenvalue weighted by Gasteiger charge is 2.06. The van der Waals surface area contributed by atoms with Crippen molar-refractivity contribution in [2.24, 2.45) is 5.73 Å². The fourth-order valence-electron chi connectivity index (χ4n) is 1.31. The van der Waals surface area contributed by atoms with E-state index in [1.807, 2.05) is 12.3 Å². The molecule has 0 saturated carbocycles. The van der Waals surface area contributed by atoms with Crippen LogP contribution in [0.4, 0.5) is 0 Å². The predicted octanol–water partition coefficient (Wildman–Crippen LogP) is 1.43. The Balaban J connectivity index is 2.43. The minimum Gasteiger partial charge on any atom is -0.404 e. The topological polar surface area (TPSA) is 41.8 Å². The molecule has 0 spiro atoms. The van der Waals surface area contributed by atoms with Gasteiger partial charge in [0.25, 0.3) is 0 Å². The molecule has 1 heterocycles. The van der Waals surface area contributed by atoms with Crippen molar-refractivity contribution in [3.05, 3.63) is 41.4 Å². The van der Waals surface area contributed by atoms with Crippen molar-refractivity contribution in [3.63, 3.8) is 0 Å². The Morgan fingerprint density at radius 1 is 1.45 bits per heavy atom. The molecule has 0 aliphatic heterocycles. The average Bonchev–Trinajstić information content (AvgIpc) is 2.50. The number of hydrogen-bond donors (Lipinski definition) is 2. The van der Waals surface area contributed by atoms with Gasteiger partial charge in [-0.3, -0.25) is 0 Å². The van der Waals surface area contributed by atoms with Crippen LogP contribution in [0.5, 0.6) is 0 Å². The number of aromatic amines is 1. The van der Waals surface area contributed by atoms with E-state index >= 15 is 0 Å². The van der Waals surface area contributed by atoms with Crippen molar-refractivity contribution in [1.82, 2.24) is 4.98 Å².